The first-order chi connectivity index (χ1) is 13.0. The van der Waals surface area contributed by atoms with Gasteiger partial charge >= 0.3 is 0 Å². The van der Waals surface area contributed by atoms with E-state index in [0.29, 0.717) is 11.1 Å². The van der Waals surface area contributed by atoms with E-state index in [1.54, 1.807) is 48.5 Å². The van der Waals surface area contributed by atoms with E-state index in [1.807, 2.05) is 31.2 Å². The van der Waals surface area contributed by atoms with E-state index in [1.165, 1.54) is 12.1 Å². The van der Waals surface area contributed by atoms with E-state index >= 15 is 0 Å². The molecule has 3 aromatic rings. The lowest BCUT2D eigenvalue weighted by molar-refractivity contribution is 0.559. The van der Waals surface area contributed by atoms with Crippen LogP contribution in [0.4, 0.5) is 0 Å². The molecule has 0 bridgehead atoms. The van der Waals surface area contributed by atoms with E-state index in [4.69, 9.17) is 17.0 Å². The van der Waals surface area contributed by atoms with Crippen molar-refractivity contribution in [2.75, 3.05) is 0 Å². The van der Waals surface area contributed by atoms with Crippen LogP contribution in [-0.2, 0) is 14.8 Å². The van der Waals surface area contributed by atoms with Crippen molar-refractivity contribution < 1.29 is 13.2 Å². The maximum Gasteiger partial charge on any atom is 0.285 e. The molecule has 4 nitrogen and oxygen atoms in total. The average Bonchev–Trinajstić information content (AvgIpc) is 2.69. The van der Waals surface area contributed by atoms with Gasteiger partial charge in [-0.2, -0.15) is 8.42 Å². The molecule has 27 heavy (non-hydrogen) atoms. The number of benzene rings is 3. The van der Waals surface area contributed by atoms with Gasteiger partial charge in [-0.3, -0.25) is 0 Å². The van der Waals surface area contributed by atoms with Gasteiger partial charge in [0.25, 0.3) is 10.0 Å². The SMILES string of the molecule is Cc1ccc(S(=O)(=O)N=C(OC(=S)c2ccccc2)c2ccccc2)cc1. The van der Waals surface area contributed by atoms with Gasteiger partial charge in [-0.05, 0) is 43.4 Å². The molecule has 0 spiro atoms. The molecular weight excluding hydrogens is 378 g/mol. The second-order valence-corrected chi connectivity index (χ2v) is 7.78. The average molecular weight is 396 g/mol. The number of thiocarbonyl (C=S) groups is 1. The third kappa shape index (κ3) is 4.87. The molecule has 136 valence electrons. The molecule has 0 atom stereocenters. The molecule has 0 amide bonds. The van der Waals surface area contributed by atoms with Crippen LogP contribution in [0, 0.1) is 6.92 Å². The zero-order chi connectivity index (χ0) is 19.3. The summed E-state index contributed by atoms with van der Waals surface area (Å²) in [5.74, 6) is -0.0648. The largest absolute Gasteiger partial charge is 0.425 e. The normalized spacial score (nSPS) is 11.8. The van der Waals surface area contributed by atoms with Crippen molar-refractivity contribution in [2.45, 2.75) is 11.8 Å². The van der Waals surface area contributed by atoms with E-state index in [2.05, 4.69) is 4.40 Å². The Morgan fingerprint density at radius 3 is 1.89 bits per heavy atom. The Hall–Kier alpha value is -2.83. The lowest BCUT2D eigenvalue weighted by Gasteiger charge is -2.10. The van der Waals surface area contributed by atoms with E-state index in [-0.39, 0.29) is 15.8 Å². The second-order valence-electron chi connectivity index (χ2n) is 5.81. The number of hydrogen-bond donors (Lipinski definition) is 0. The summed E-state index contributed by atoms with van der Waals surface area (Å²) in [6.07, 6.45) is 0. The Morgan fingerprint density at radius 1 is 0.815 bits per heavy atom. The van der Waals surface area contributed by atoms with E-state index in [0.717, 1.165) is 5.56 Å². The van der Waals surface area contributed by atoms with Gasteiger partial charge in [-0.1, -0.05) is 66.2 Å². The van der Waals surface area contributed by atoms with Crippen LogP contribution >= 0.6 is 12.2 Å². The molecule has 0 aliphatic carbocycles. The third-order valence-corrected chi connectivity index (χ3v) is 5.33. The minimum Gasteiger partial charge on any atom is -0.425 e. The van der Waals surface area contributed by atoms with Gasteiger partial charge in [0, 0.05) is 11.1 Å². The van der Waals surface area contributed by atoms with Crippen molar-refractivity contribution in [1.29, 1.82) is 0 Å². The number of hydrogen-bond acceptors (Lipinski definition) is 4. The lowest BCUT2D eigenvalue weighted by Crippen LogP contribution is -2.15. The quantitative estimate of drug-likeness (QED) is 0.370. The summed E-state index contributed by atoms with van der Waals surface area (Å²) in [5, 5.41) is 0.150. The Morgan fingerprint density at radius 2 is 1.33 bits per heavy atom. The van der Waals surface area contributed by atoms with Crippen LogP contribution in [0.5, 0.6) is 0 Å². The summed E-state index contributed by atoms with van der Waals surface area (Å²) in [7, 11) is -3.95. The van der Waals surface area contributed by atoms with Gasteiger partial charge in [0.2, 0.25) is 5.90 Å². The first-order valence-corrected chi connectivity index (χ1v) is 10.0. The molecular formula is C21H17NO3S2. The van der Waals surface area contributed by atoms with Crippen LogP contribution in [-0.4, -0.2) is 19.4 Å². The smallest absolute Gasteiger partial charge is 0.285 e. The Balaban J connectivity index is 2.01. The molecule has 0 unspecified atom stereocenters. The molecule has 0 fully saturated rings. The van der Waals surface area contributed by atoms with E-state index in [9.17, 15) is 8.42 Å². The predicted molar refractivity (Wildman–Crippen MR) is 111 cm³/mol. The molecule has 6 heteroatoms. The van der Waals surface area contributed by atoms with Gasteiger partial charge in [0.1, 0.15) is 0 Å². The molecule has 0 radical (unpaired) electrons. The Kier molecular flexibility index (Phi) is 5.78. The highest BCUT2D eigenvalue weighted by Crippen LogP contribution is 2.16. The Bertz CT molecular complexity index is 1060. The van der Waals surface area contributed by atoms with Gasteiger partial charge < -0.3 is 4.74 Å². The number of nitrogens with zero attached hydrogens (tertiary/aromatic N) is 1. The minimum absolute atomic E-state index is 0.0648. The molecule has 0 saturated heterocycles. The molecule has 0 heterocycles. The molecule has 0 aliphatic rings. The fraction of sp³-hybridized carbons (Fsp3) is 0.0476. The summed E-state index contributed by atoms with van der Waals surface area (Å²) in [6, 6.07) is 24.4. The molecule has 3 aromatic carbocycles. The maximum absolute atomic E-state index is 12.7. The first kappa shape index (κ1) is 18.9. The number of aryl methyl sites for hydroxylation is 1. The van der Waals surface area contributed by atoms with Crippen LogP contribution in [0.25, 0.3) is 0 Å². The van der Waals surface area contributed by atoms with Crippen molar-refractivity contribution in [3.63, 3.8) is 0 Å². The highest BCUT2D eigenvalue weighted by Gasteiger charge is 2.18. The fourth-order valence-corrected chi connectivity index (χ4v) is 3.47. The third-order valence-electron chi connectivity index (χ3n) is 3.74. The van der Waals surface area contributed by atoms with Crippen molar-refractivity contribution in [1.82, 2.24) is 0 Å². The highest BCUT2D eigenvalue weighted by atomic mass is 32.2. The number of ether oxygens (including phenoxy) is 1. The predicted octanol–water partition coefficient (Wildman–Crippen LogP) is 4.52. The molecule has 0 aromatic heterocycles. The van der Waals surface area contributed by atoms with Gasteiger partial charge in [-0.25, -0.2) is 0 Å². The van der Waals surface area contributed by atoms with Gasteiger partial charge in [0.05, 0.1) is 4.90 Å². The van der Waals surface area contributed by atoms with Crippen LogP contribution in [0.3, 0.4) is 0 Å². The van der Waals surface area contributed by atoms with Gasteiger partial charge in [-0.15, -0.1) is 4.40 Å². The minimum atomic E-state index is -3.95. The standard InChI is InChI=1S/C21H17NO3S2/c1-16-12-14-19(15-13-16)27(23,24)22-20(17-8-4-2-5-9-17)25-21(26)18-10-6-3-7-11-18/h2-15H,1H3. The number of rotatable bonds is 4. The van der Waals surface area contributed by atoms with Crippen molar-refractivity contribution in [3.05, 3.63) is 102 Å². The molecule has 0 aliphatic heterocycles. The van der Waals surface area contributed by atoms with Crippen molar-refractivity contribution >= 4 is 33.2 Å². The van der Waals surface area contributed by atoms with Crippen LogP contribution in [0.1, 0.15) is 16.7 Å². The zero-order valence-electron chi connectivity index (χ0n) is 14.6. The fourth-order valence-electron chi connectivity index (χ4n) is 2.30. The maximum atomic E-state index is 12.7. The van der Waals surface area contributed by atoms with Gasteiger partial charge in [0.15, 0.2) is 5.05 Å². The monoisotopic (exact) mass is 395 g/mol. The lowest BCUT2D eigenvalue weighted by atomic mass is 10.2. The number of sulfonamides is 1. The summed E-state index contributed by atoms with van der Waals surface area (Å²) in [4.78, 5) is 0.0933. The second kappa shape index (κ2) is 8.24. The van der Waals surface area contributed by atoms with Crippen LogP contribution in [0.15, 0.2) is 94.2 Å². The summed E-state index contributed by atoms with van der Waals surface area (Å²) in [5.41, 5.74) is 2.15. The first-order valence-electron chi connectivity index (χ1n) is 8.20. The van der Waals surface area contributed by atoms with Crippen molar-refractivity contribution in [3.8, 4) is 0 Å². The summed E-state index contributed by atoms with van der Waals surface area (Å²) < 4.78 is 35.1. The molecule has 0 saturated carbocycles. The van der Waals surface area contributed by atoms with Crippen molar-refractivity contribution in [2.24, 2.45) is 4.40 Å². The highest BCUT2D eigenvalue weighted by molar-refractivity contribution is 7.90. The van der Waals surface area contributed by atoms with Crippen LogP contribution < -0.4 is 0 Å². The Labute approximate surface area is 164 Å². The summed E-state index contributed by atoms with van der Waals surface area (Å²) >= 11 is 5.32. The van der Waals surface area contributed by atoms with Crippen LogP contribution in [0.2, 0.25) is 0 Å². The summed E-state index contributed by atoms with van der Waals surface area (Å²) in [6.45, 7) is 1.89. The zero-order valence-corrected chi connectivity index (χ0v) is 16.2. The van der Waals surface area contributed by atoms with E-state index < -0.39 is 10.0 Å². The molecule has 3 rings (SSSR count). The molecule has 0 N–H and O–H groups in total. The topological polar surface area (TPSA) is 55.7 Å².